The minimum atomic E-state index is -5.01. The number of amides is 1. The summed E-state index contributed by atoms with van der Waals surface area (Å²) in [5, 5.41) is 12.4. The summed E-state index contributed by atoms with van der Waals surface area (Å²) in [5.41, 5.74) is -6.23. The van der Waals surface area contributed by atoms with Crippen LogP contribution in [-0.4, -0.2) is 34.9 Å². The number of rotatable bonds is 7. The minimum absolute atomic E-state index is 0.0389. The zero-order chi connectivity index (χ0) is 29.4. The lowest BCUT2D eigenvalue weighted by Gasteiger charge is -2.54. The Bertz CT molecular complexity index is 1170. The molecule has 1 aliphatic carbocycles. The molecule has 1 fully saturated rings. The molecule has 0 radical (unpaired) electrons. The number of carboxylic acid groups (broad SMARTS) is 1. The van der Waals surface area contributed by atoms with Crippen LogP contribution in [0.1, 0.15) is 68.9 Å². The van der Waals surface area contributed by atoms with Crippen LogP contribution in [0, 0.1) is 0 Å². The largest absolute Gasteiger partial charge is 0.480 e. The van der Waals surface area contributed by atoms with Crippen LogP contribution in [0.2, 0.25) is 0 Å². The SMILES string of the molecule is C[C@@H](OC[C@]1(c2ccccc2)C[C@](NC(=O)OC(C)(C)C)(C(=O)O)C1)c1cc(C(F)(F)F)cc(C(F)(F)F)c1. The van der Waals surface area contributed by atoms with Crippen molar-refractivity contribution in [3.05, 3.63) is 70.8 Å². The van der Waals surface area contributed by atoms with Crippen molar-refractivity contribution in [2.24, 2.45) is 0 Å². The van der Waals surface area contributed by atoms with E-state index in [-0.39, 0.29) is 31.1 Å². The highest BCUT2D eigenvalue weighted by molar-refractivity contribution is 5.86. The average Bonchev–Trinajstić information content (AvgIpc) is 2.78. The van der Waals surface area contributed by atoms with Crippen LogP contribution in [-0.2, 0) is 32.0 Å². The first-order chi connectivity index (χ1) is 17.8. The summed E-state index contributed by atoms with van der Waals surface area (Å²) in [4.78, 5) is 24.6. The third-order valence-electron chi connectivity index (χ3n) is 6.51. The number of alkyl carbamates (subject to hydrolysis) is 1. The van der Waals surface area contributed by atoms with E-state index in [1.54, 1.807) is 51.1 Å². The van der Waals surface area contributed by atoms with Crippen LogP contribution in [0.15, 0.2) is 48.5 Å². The van der Waals surface area contributed by atoms with Crippen molar-refractivity contribution in [2.75, 3.05) is 6.61 Å². The monoisotopic (exact) mass is 561 g/mol. The Morgan fingerprint density at radius 3 is 1.90 bits per heavy atom. The maximum Gasteiger partial charge on any atom is 0.416 e. The molecule has 0 unspecified atom stereocenters. The minimum Gasteiger partial charge on any atom is -0.480 e. The average molecular weight is 562 g/mol. The molecule has 214 valence electrons. The molecule has 0 bridgehead atoms. The number of ether oxygens (including phenoxy) is 2. The Balaban J connectivity index is 1.89. The fourth-order valence-electron chi connectivity index (χ4n) is 4.67. The fourth-order valence-corrected chi connectivity index (χ4v) is 4.67. The van der Waals surface area contributed by atoms with Gasteiger partial charge in [-0.1, -0.05) is 30.3 Å². The molecule has 6 nitrogen and oxygen atoms in total. The van der Waals surface area contributed by atoms with Gasteiger partial charge in [0.25, 0.3) is 0 Å². The van der Waals surface area contributed by atoms with E-state index in [2.05, 4.69) is 5.32 Å². The zero-order valence-electron chi connectivity index (χ0n) is 21.7. The van der Waals surface area contributed by atoms with E-state index in [1.807, 2.05) is 0 Å². The lowest BCUT2D eigenvalue weighted by molar-refractivity contribution is -0.155. The van der Waals surface area contributed by atoms with E-state index >= 15 is 0 Å². The standard InChI is InChI=1S/C27H29F6NO5/c1-16(17-10-19(26(28,29)30)12-20(11-17)27(31,32)33)38-15-24(18-8-6-5-7-9-18)13-25(14-24,21(35)36)34-22(37)39-23(2,3)4/h5-12,16H,13-15H2,1-4H3,(H,34,37)(H,35,36)/t16-,24-,25+/m1/s1. The lowest BCUT2D eigenvalue weighted by atomic mass is 9.54. The summed E-state index contributed by atoms with van der Waals surface area (Å²) >= 11 is 0. The molecule has 1 amide bonds. The van der Waals surface area contributed by atoms with E-state index in [0.717, 1.165) is 0 Å². The van der Waals surface area contributed by atoms with Gasteiger partial charge in [-0.2, -0.15) is 26.3 Å². The maximum absolute atomic E-state index is 13.3. The number of nitrogens with one attached hydrogen (secondary N) is 1. The number of aliphatic carboxylic acids is 1. The van der Waals surface area contributed by atoms with Crippen LogP contribution in [0.3, 0.4) is 0 Å². The molecule has 1 atom stereocenters. The van der Waals surface area contributed by atoms with Crippen molar-refractivity contribution in [2.45, 2.75) is 75.5 Å². The molecule has 12 heteroatoms. The second kappa shape index (κ2) is 10.4. The normalized spacial score (nSPS) is 22.5. The Labute approximate surface area is 221 Å². The Kier molecular flexibility index (Phi) is 8.04. The molecule has 0 spiro atoms. The van der Waals surface area contributed by atoms with Gasteiger partial charge in [-0.15, -0.1) is 0 Å². The highest BCUT2D eigenvalue weighted by Gasteiger charge is 2.61. The lowest BCUT2D eigenvalue weighted by Crippen LogP contribution is -2.69. The molecule has 2 aromatic carbocycles. The number of carboxylic acids is 1. The number of carbonyl (C=O) groups excluding carboxylic acids is 1. The van der Waals surface area contributed by atoms with Crippen LogP contribution in [0.5, 0.6) is 0 Å². The van der Waals surface area contributed by atoms with Crippen molar-refractivity contribution in [3.63, 3.8) is 0 Å². The summed E-state index contributed by atoms with van der Waals surface area (Å²) in [6.07, 6.45) is -12.5. The van der Waals surface area contributed by atoms with Gasteiger partial charge in [-0.25, -0.2) is 9.59 Å². The van der Waals surface area contributed by atoms with Crippen LogP contribution < -0.4 is 5.32 Å². The van der Waals surface area contributed by atoms with Gasteiger partial charge < -0.3 is 19.9 Å². The summed E-state index contributed by atoms with van der Waals surface area (Å²) in [7, 11) is 0. The first-order valence-corrected chi connectivity index (χ1v) is 12.0. The molecule has 1 aliphatic rings. The van der Waals surface area contributed by atoms with Crippen molar-refractivity contribution in [1.82, 2.24) is 5.32 Å². The van der Waals surface area contributed by atoms with Crippen LogP contribution >= 0.6 is 0 Å². The van der Waals surface area contributed by atoms with Gasteiger partial charge >= 0.3 is 24.4 Å². The van der Waals surface area contributed by atoms with E-state index in [4.69, 9.17) is 9.47 Å². The molecule has 0 heterocycles. The van der Waals surface area contributed by atoms with Gasteiger partial charge in [0.15, 0.2) is 0 Å². The highest BCUT2D eigenvalue weighted by atomic mass is 19.4. The van der Waals surface area contributed by atoms with E-state index in [1.165, 1.54) is 6.92 Å². The molecule has 0 saturated heterocycles. The maximum atomic E-state index is 13.3. The molecule has 0 aliphatic heterocycles. The predicted molar refractivity (Wildman–Crippen MR) is 128 cm³/mol. The summed E-state index contributed by atoms with van der Waals surface area (Å²) in [6.45, 7) is 5.92. The van der Waals surface area contributed by atoms with Gasteiger partial charge in [-0.05, 0) is 69.9 Å². The third kappa shape index (κ3) is 7.03. The van der Waals surface area contributed by atoms with Gasteiger partial charge in [0.2, 0.25) is 0 Å². The first-order valence-electron chi connectivity index (χ1n) is 12.0. The number of alkyl halides is 6. The number of halogens is 6. The van der Waals surface area contributed by atoms with Crippen LogP contribution in [0.25, 0.3) is 0 Å². The quantitative estimate of drug-likeness (QED) is 0.360. The van der Waals surface area contributed by atoms with Crippen molar-refractivity contribution in [1.29, 1.82) is 0 Å². The smallest absolute Gasteiger partial charge is 0.416 e. The second-order valence-electron chi connectivity index (χ2n) is 10.8. The molecule has 1 saturated carbocycles. The third-order valence-corrected chi connectivity index (χ3v) is 6.51. The molecular weight excluding hydrogens is 532 g/mol. The number of carbonyl (C=O) groups is 2. The van der Waals surface area contributed by atoms with Crippen molar-refractivity contribution in [3.8, 4) is 0 Å². The molecule has 2 N–H and O–H groups in total. The molecule has 0 aromatic heterocycles. The number of hydrogen-bond acceptors (Lipinski definition) is 4. The van der Waals surface area contributed by atoms with Gasteiger partial charge in [0.05, 0.1) is 23.8 Å². The molecular formula is C27H29F6NO5. The van der Waals surface area contributed by atoms with E-state index < -0.39 is 58.2 Å². The van der Waals surface area contributed by atoms with Crippen molar-refractivity contribution >= 4 is 12.1 Å². The van der Waals surface area contributed by atoms with Gasteiger partial charge in [0, 0.05) is 5.41 Å². The van der Waals surface area contributed by atoms with E-state index in [9.17, 15) is 41.0 Å². The molecule has 39 heavy (non-hydrogen) atoms. The van der Waals surface area contributed by atoms with Gasteiger partial charge in [-0.3, -0.25) is 0 Å². The first kappa shape index (κ1) is 30.3. The summed E-state index contributed by atoms with van der Waals surface area (Å²) < 4.78 is 90.9. The predicted octanol–water partition coefficient (Wildman–Crippen LogP) is 6.88. The molecule has 3 rings (SSSR count). The second-order valence-corrected chi connectivity index (χ2v) is 10.8. The Morgan fingerprint density at radius 2 is 1.46 bits per heavy atom. The van der Waals surface area contributed by atoms with E-state index in [0.29, 0.717) is 17.7 Å². The Morgan fingerprint density at radius 1 is 0.949 bits per heavy atom. The Hall–Kier alpha value is -3.28. The summed E-state index contributed by atoms with van der Waals surface area (Å²) in [6, 6.07) is 9.78. The number of benzene rings is 2. The fraction of sp³-hybridized carbons (Fsp3) is 0.481. The summed E-state index contributed by atoms with van der Waals surface area (Å²) in [5.74, 6) is -1.32. The topological polar surface area (TPSA) is 84.9 Å². The van der Waals surface area contributed by atoms with Gasteiger partial charge in [0.1, 0.15) is 11.1 Å². The highest BCUT2D eigenvalue weighted by Crippen LogP contribution is 2.51. The van der Waals surface area contributed by atoms with Crippen molar-refractivity contribution < 1.29 is 50.5 Å². The number of hydrogen-bond donors (Lipinski definition) is 2. The molecule has 2 aromatic rings. The zero-order valence-corrected chi connectivity index (χ0v) is 21.7. The van der Waals surface area contributed by atoms with Crippen LogP contribution in [0.4, 0.5) is 31.1 Å².